The van der Waals surface area contributed by atoms with Crippen LogP contribution in [0.2, 0.25) is 0 Å². The number of morpholine rings is 1. The minimum absolute atomic E-state index is 0.00387. The third-order valence-corrected chi connectivity index (χ3v) is 27.3. The van der Waals surface area contributed by atoms with Crippen LogP contribution in [0.5, 0.6) is 0 Å². The highest BCUT2D eigenvalue weighted by Crippen LogP contribution is 2.32. The summed E-state index contributed by atoms with van der Waals surface area (Å²) in [6, 6.07) is 20.2. The first-order chi connectivity index (χ1) is 69.1. The molecule has 4 saturated heterocycles. The SMILES string of the molecule is CC(C)[C@H](NC(=O)c1ccc(Br)cc1)C(=O)N1CC[C@H]1C(=O)C[C@@H](CCCN=C(N)N)C(=O)CF.CCC(=O)[C@H](CCCN=C(N)N)CC(=O)[C@@H]1COCCN1C(=O)[C@@H](NC(=O)c1ccc(Br)cc1)C(C)C.CCC(=O)[C@H](CCCN=C(N)N)CC(=O)[C@@H]1COCN1C(=O)[C@@H](NC(=O)c1ccc(Br)cc1)C(C)C.[C-]#[N+][C@@H]1C[C@@H](C(=O)C[C@@H](CCCN=C(N)N)C(=O)CC)N(C(=O)[C@@H](NC(=O)c2ccc(Br)cc2)C(C)C)C1. The van der Waals surface area contributed by atoms with E-state index in [2.05, 4.69) is 110 Å². The van der Waals surface area contributed by atoms with Gasteiger partial charge in [0.05, 0.1) is 44.9 Å². The lowest BCUT2D eigenvalue weighted by molar-refractivity contribution is -0.150. The average molecular weight is 2290 g/mol. The number of hydrogen-bond donors (Lipinski definition) is 12. The Morgan fingerprint density at radius 1 is 0.384 bits per heavy atom. The first-order valence-electron chi connectivity index (χ1n) is 49.1. The summed E-state index contributed by atoms with van der Waals surface area (Å²) in [5.74, 6) is -8.09. The number of rotatable bonds is 52. The Kier molecular flexibility index (Phi) is 54.5. The van der Waals surface area contributed by atoms with Crippen molar-refractivity contribution in [1.29, 1.82) is 0 Å². The van der Waals surface area contributed by atoms with Crippen molar-refractivity contribution in [2.24, 2.45) is 113 Å². The Labute approximate surface area is 887 Å². The van der Waals surface area contributed by atoms with Gasteiger partial charge in [-0.15, -0.1) is 0 Å². The maximum atomic E-state index is 13.7. The van der Waals surface area contributed by atoms with Crippen LogP contribution >= 0.6 is 63.7 Å². The smallest absolute Gasteiger partial charge is 0.251 e. The van der Waals surface area contributed by atoms with Crippen LogP contribution in [0.1, 0.15) is 227 Å². The van der Waals surface area contributed by atoms with Crippen LogP contribution in [0.4, 0.5) is 4.39 Å². The van der Waals surface area contributed by atoms with Crippen molar-refractivity contribution in [3.8, 4) is 0 Å². The molecule has 8 amide bonds. The van der Waals surface area contributed by atoms with Gasteiger partial charge in [0, 0.05) is 148 Å². The van der Waals surface area contributed by atoms with Crippen LogP contribution in [-0.2, 0) is 67.0 Å². The molecule has 0 aliphatic carbocycles. The molecule has 0 spiro atoms. The lowest BCUT2D eigenvalue weighted by atomic mass is 9.86. The maximum absolute atomic E-state index is 13.7. The van der Waals surface area contributed by atoms with Gasteiger partial charge in [0.1, 0.15) is 67.0 Å². The number of carbonyl (C=O) groups excluding carboxylic acids is 16. The molecule has 0 aromatic heterocycles. The molecule has 4 heterocycles. The Hall–Kier alpha value is -11.7. The normalized spacial score (nSPS) is 17.3. The number of ether oxygens (including phenoxy) is 2. The monoisotopic (exact) mass is 2290 g/mol. The molecule has 8 rings (SSSR count). The number of ketones is 8. The Bertz CT molecular complexity index is 5250. The number of nitrogens with two attached hydrogens (primary N) is 8. The molecule has 0 bridgehead atoms. The van der Waals surface area contributed by atoms with E-state index in [1.165, 1.54) is 19.6 Å². The van der Waals surface area contributed by atoms with Crippen molar-refractivity contribution in [3.05, 3.63) is 149 Å². The topological polar surface area (TPSA) is 615 Å². The summed E-state index contributed by atoms with van der Waals surface area (Å²) in [4.78, 5) is 233. The van der Waals surface area contributed by atoms with Crippen molar-refractivity contribution in [2.45, 2.75) is 240 Å². The molecule has 0 radical (unpaired) electrons. The molecule has 146 heavy (non-hydrogen) atoms. The molecule has 0 saturated carbocycles. The number of likely N-dealkylation sites (tertiary alicyclic amines) is 2. The van der Waals surface area contributed by atoms with Gasteiger partial charge in [-0.05, 0) is 179 Å². The molecule has 44 heteroatoms. The molecule has 39 nitrogen and oxygen atoms in total. The summed E-state index contributed by atoms with van der Waals surface area (Å²) >= 11 is 13.3. The minimum atomic E-state index is -1.16. The summed E-state index contributed by atoms with van der Waals surface area (Å²) in [6.45, 7) is 28.6. The number of hydrogen-bond acceptors (Lipinski definition) is 22. The second-order valence-electron chi connectivity index (χ2n) is 37.4. The molecule has 20 N–H and O–H groups in total. The molecular formula is C102H144Br4FN21O18. The summed E-state index contributed by atoms with van der Waals surface area (Å²) in [5.41, 5.74) is 44.4. The molecule has 0 unspecified atom stereocenters. The summed E-state index contributed by atoms with van der Waals surface area (Å²) in [6.07, 6.45) is 5.12. The Morgan fingerprint density at radius 3 is 0.925 bits per heavy atom. The number of amides is 8. The van der Waals surface area contributed by atoms with Gasteiger partial charge in [-0.1, -0.05) is 140 Å². The van der Waals surface area contributed by atoms with Crippen molar-refractivity contribution in [2.75, 3.05) is 79.0 Å². The molecule has 4 fully saturated rings. The highest BCUT2D eigenvalue weighted by Gasteiger charge is 2.48. The van der Waals surface area contributed by atoms with E-state index in [9.17, 15) is 81.1 Å². The second-order valence-corrected chi connectivity index (χ2v) is 41.1. The predicted molar refractivity (Wildman–Crippen MR) is 568 cm³/mol. The van der Waals surface area contributed by atoms with Crippen LogP contribution in [0, 0.1) is 53.9 Å². The van der Waals surface area contributed by atoms with Gasteiger partial charge < -0.3 is 101 Å². The van der Waals surface area contributed by atoms with Gasteiger partial charge in [0.2, 0.25) is 29.7 Å². The standard InChI is InChI=1S/C27H37BrN6O4.C26H38BrN5O5.C25H36BrN5O5.C24H33BrFN5O4/c1-5-22(35)18(7-6-12-32-27(29)30)13-23(36)21-14-20(31-4)15-34(21)26(38)24(16(2)3)33-25(37)17-8-10-19(28)11-9-17;1-4-21(33)18(6-5-11-30-26(28)29)14-22(34)20-15-37-13-12-32(20)25(36)23(16(2)3)31-24(35)17-7-9-19(27)10-8-17;1-4-20(32)17(6-5-11-29-25(27)28)12-21(33)19-13-36-14-31(19)24(35)22(15(2)3)30-23(34)16-7-9-18(26)10-8-16;1-14(2)21(30-22(34)15-5-7-17(25)8-6-15)23(35)31-11-9-18(31)19(32)12-16(20(33)13-26)4-3-10-29-24(27)28/h8-11,16,18,20-21,24H,5-7,12-15H2,1-3H3,(H,33,37)(H4,29,30,32);7-10,16,18,20,23H,4-6,11-15H2,1-3H3,(H,31,35)(H4,28,29,30);7-10,15,17,19,22H,4-6,11-14H2,1-3H3,(H,30,34)(H4,27,28,29);5-8,14,16,18,21H,3-4,9-13H2,1-2H3,(H,30,34)(H4,27,28,29)/t18-,20-,21+,24+;18-,20+,23+;17-,19+,22+;16-,18+,21+/m1111/s1. The number of alkyl halides is 1. The molecule has 4 aromatic rings. The number of halogens is 5. The number of nitrogens with one attached hydrogen (secondary N) is 4. The fraction of sp³-hybridized carbons (Fsp3) is 0.559. The van der Waals surface area contributed by atoms with Crippen LogP contribution in [0.3, 0.4) is 0 Å². The Morgan fingerprint density at radius 2 is 0.651 bits per heavy atom. The second kappa shape index (κ2) is 63.8. The lowest BCUT2D eigenvalue weighted by Crippen LogP contribution is -2.61. The number of Topliss-reactive ketones (excluding diaryl/α,β-unsaturated/α-hetero) is 8. The van der Waals surface area contributed by atoms with Gasteiger partial charge in [0.15, 0.2) is 52.8 Å². The van der Waals surface area contributed by atoms with Crippen molar-refractivity contribution < 1.29 is 90.6 Å². The van der Waals surface area contributed by atoms with E-state index >= 15 is 0 Å². The molecule has 4 aliphatic heterocycles. The third kappa shape index (κ3) is 40.9. The lowest BCUT2D eigenvalue weighted by Gasteiger charge is -2.42. The van der Waals surface area contributed by atoms with Gasteiger partial charge in [-0.2, -0.15) is 0 Å². The molecular weight excluding hydrogens is 2150 g/mol. The quantitative estimate of drug-likeness (QED) is 0.00850. The number of guanidine groups is 4. The number of carbonyl (C=O) groups is 16. The van der Waals surface area contributed by atoms with E-state index in [4.69, 9.17) is 61.9 Å². The predicted octanol–water partition coefficient (Wildman–Crippen LogP) is 8.71. The van der Waals surface area contributed by atoms with Gasteiger partial charge in [-0.25, -0.2) is 11.0 Å². The minimum Gasteiger partial charge on any atom is -0.377 e. The number of aliphatic imine (C=N–C) groups is 4. The van der Waals surface area contributed by atoms with E-state index in [0.29, 0.717) is 113 Å². The van der Waals surface area contributed by atoms with E-state index in [-0.39, 0.29) is 209 Å². The molecule has 4 aromatic carbocycles. The van der Waals surface area contributed by atoms with Gasteiger partial charge in [-0.3, -0.25) is 96.7 Å². The number of nitrogens with zero attached hydrogens (tertiary/aromatic N) is 9. The van der Waals surface area contributed by atoms with Gasteiger partial charge in [0.25, 0.3) is 23.6 Å². The zero-order valence-electron chi connectivity index (χ0n) is 84.9. The van der Waals surface area contributed by atoms with E-state index < -0.39 is 108 Å². The van der Waals surface area contributed by atoms with Crippen molar-refractivity contribution in [3.63, 3.8) is 0 Å². The average Bonchev–Trinajstić information content (AvgIpc) is 1.35. The Balaban J connectivity index is 0.000000343. The molecule has 800 valence electrons. The third-order valence-electron chi connectivity index (χ3n) is 25.2. The first-order valence-corrected chi connectivity index (χ1v) is 52.3. The zero-order chi connectivity index (χ0) is 109. The molecule has 13 atom stereocenters. The van der Waals surface area contributed by atoms with Crippen molar-refractivity contribution >= 4 is 181 Å². The van der Waals surface area contributed by atoms with E-state index in [0.717, 1.165) is 17.9 Å². The fourth-order valence-corrected chi connectivity index (χ4v) is 17.8. The number of benzene rings is 4. The highest BCUT2D eigenvalue weighted by molar-refractivity contribution is 9.11. The highest BCUT2D eigenvalue weighted by atomic mass is 79.9. The van der Waals surface area contributed by atoms with Crippen molar-refractivity contribution in [1.82, 2.24) is 40.9 Å². The van der Waals surface area contributed by atoms with E-state index in [1.54, 1.807) is 118 Å². The molecule has 4 aliphatic rings. The maximum Gasteiger partial charge on any atom is 0.251 e. The zero-order valence-corrected chi connectivity index (χ0v) is 91.3. The van der Waals surface area contributed by atoms with Crippen LogP contribution < -0.4 is 67.1 Å². The summed E-state index contributed by atoms with van der Waals surface area (Å²) in [7, 11) is 0. The van der Waals surface area contributed by atoms with Crippen LogP contribution in [-0.4, -0.2) is 270 Å². The summed E-state index contributed by atoms with van der Waals surface area (Å²) < 4.78 is 27.4. The fourth-order valence-electron chi connectivity index (χ4n) is 16.8. The summed E-state index contributed by atoms with van der Waals surface area (Å²) in [5, 5.41) is 11.2. The van der Waals surface area contributed by atoms with E-state index in [1.807, 2.05) is 55.4 Å². The van der Waals surface area contributed by atoms with Crippen LogP contribution in [0.15, 0.2) is 135 Å². The van der Waals surface area contributed by atoms with Crippen LogP contribution in [0.25, 0.3) is 4.85 Å². The largest absolute Gasteiger partial charge is 0.377 e. The first kappa shape index (κ1) is 125. The van der Waals surface area contributed by atoms with Gasteiger partial charge >= 0.3 is 0 Å².